The summed E-state index contributed by atoms with van der Waals surface area (Å²) in [6.45, 7) is 3.71. The molecule has 3 aromatic rings. The van der Waals surface area contributed by atoms with E-state index >= 15 is 0 Å². The molecule has 0 radical (unpaired) electrons. The molecule has 2 aromatic heterocycles. The van der Waals surface area contributed by atoms with Gasteiger partial charge in [-0.25, -0.2) is 14.3 Å². The van der Waals surface area contributed by atoms with E-state index in [-0.39, 0.29) is 29.3 Å². The number of urea groups is 1. The standard InChI is InChI=1S/C20H23N7O3/c1-2-21-20(30)24-16-12-27-17(23-16)7-8-18(25-27)26-10-9-13(11-26)22-19(29)14-5-3-4-6-15(14)28/h3-8,12-13,28H,2,9-11H2,1H3,(H,22,29)(H2,21,24,30)/t13-/m0/s1. The van der Waals surface area contributed by atoms with Crippen LogP contribution in [0.3, 0.4) is 0 Å². The van der Waals surface area contributed by atoms with Crippen molar-refractivity contribution in [3.8, 4) is 5.75 Å². The number of fused-ring (bicyclic) bond motifs is 1. The van der Waals surface area contributed by atoms with Crippen molar-refractivity contribution in [3.63, 3.8) is 0 Å². The molecule has 10 nitrogen and oxygen atoms in total. The van der Waals surface area contributed by atoms with Crippen molar-refractivity contribution in [1.29, 1.82) is 0 Å². The fraction of sp³-hybridized carbons (Fsp3) is 0.300. The van der Waals surface area contributed by atoms with E-state index in [9.17, 15) is 14.7 Å². The zero-order valence-electron chi connectivity index (χ0n) is 16.5. The summed E-state index contributed by atoms with van der Waals surface area (Å²) in [6, 6.07) is 9.82. The largest absolute Gasteiger partial charge is 0.507 e. The summed E-state index contributed by atoms with van der Waals surface area (Å²) in [5, 5.41) is 22.7. The zero-order valence-corrected chi connectivity index (χ0v) is 16.5. The molecular weight excluding hydrogens is 386 g/mol. The van der Waals surface area contributed by atoms with E-state index in [2.05, 4.69) is 30.9 Å². The Bertz CT molecular complexity index is 1080. The number of anilines is 2. The van der Waals surface area contributed by atoms with Crippen LogP contribution in [0.2, 0.25) is 0 Å². The normalized spacial score (nSPS) is 15.9. The smallest absolute Gasteiger partial charge is 0.320 e. The van der Waals surface area contributed by atoms with Crippen molar-refractivity contribution in [2.45, 2.75) is 19.4 Å². The molecule has 1 fully saturated rings. The molecule has 1 atom stereocenters. The number of imidazole rings is 1. The zero-order chi connectivity index (χ0) is 21.1. The molecule has 4 N–H and O–H groups in total. The third-order valence-electron chi connectivity index (χ3n) is 4.88. The van der Waals surface area contributed by atoms with Gasteiger partial charge in [0.25, 0.3) is 5.91 Å². The van der Waals surface area contributed by atoms with Gasteiger partial charge >= 0.3 is 6.03 Å². The lowest BCUT2D eigenvalue weighted by atomic mass is 10.1. The topological polar surface area (TPSA) is 124 Å². The summed E-state index contributed by atoms with van der Waals surface area (Å²) in [6.07, 6.45) is 2.43. The Morgan fingerprint density at radius 3 is 2.87 bits per heavy atom. The van der Waals surface area contributed by atoms with Gasteiger partial charge in [0, 0.05) is 25.7 Å². The highest BCUT2D eigenvalue weighted by Gasteiger charge is 2.26. The highest BCUT2D eigenvalue weighted by atomic mass is 16.3. The van der Waals surface area contributed by atoms with Crippen LogP contribution in [0.1, 0.15) is 23.7 Å². The van der Waals surface area contributed by atoms with Gasteiger partial charge in [0.15, 0.2) is 11.5 Å². The number of para-hydroxylation sites is 1. The number of carbonyl (C=O) groups is 2. The van der Waals surface area contributed by atoms with E-state index in [1.165, 1.54) is 6.07 Å². The van der Waals surface area contributed by atoms with Gasteiger partial charge in [0.2, 0.25) is 0 Å². The number of phenolic OH excluding ortho intramolecular Hbond substituents is 1. The third-order valence-corrected chi connectivity index (χ3v) is 4.88. The number of hydrogen-bond donors (Lipinski definition) is 4. The minimum Gasteiger partial charge on any atom is -0.507 e. The van der Waals surface area contributed by atoms with E-state index in [4.69, 9.17) is 0 Å². The quantitative estimate of drug-likeness (QED) is 0.507. The number of nitrogens with zero attached hydrogens (tertiary/aromatic N) is 4. The Kier molecular flexibility index (Phi) is 5.38. The maximum Gasteiger partial charge on any atom is 0.320 e. The SMILES string of the molecule is CCNC(=O)Nc1cn2nc(N3CC[C@H](NC(=O)c4ccccc4O)C3)ccc2n1. The Hall–Kier alpha value is -3.82. The fourth-order valence-electron chi connectivity index (χ4n) is 3.44. The molecule has 1 saturated heterocycles. The van der Waals surface area contributed by atoms with Crippen LogP contribution in [0.25, 0.3) is 5.65 Å². The highest BCUT2D eigenvalue weighted by molar-refractivity contribution is 5.97. The summed E-state index contributed by atoms with van der Waals surface area (Å²) in [7, 11) is 0. The number of phenols is 1. The number of nitrogens with one attached hydrogen (secondary N) is 3. The minimum absolute atomic E-state index is 0.0332. The Morgan fingerprint density at radius 1 is 1.23 bits per heavy atom. The first-order valence-electron chi connectivity index (χ1n) is 9.78. The first-order valence-corrected chi connectivity index (χ1v) is 9.78. The maximum absolute atomic E-state index is 12.4. The summed E-state index contributed by atoms with van der Waals surface area (Å²) in [4.78, 5) is 30.5. The van der Waals surface area contributed by atoms with Crippen molar-refractivity contribution in [2.24, 2.45) is 0 Å². The second-order valence-corrected chi connectivity index (χ2v) is 7.03. The lowest BCUT2D eigenvalue weighted by Gasteiger charge is -2.18. The minimum atomic E-state index is -0.316. The predicted molar refractivity (Wildman–Crippen MR) is 112 cm³/mol. The average molecular weight is 409 g/mol. The Morgan fingerprint density at radius 2 is 2.07 bits per heavy atom. The van der Waals surface area contributed by atoms with E-state index in [1.54, 1.807) is 28.9 Å². The molecule has 30 heavy (non-hydrogen) atoms. The second-order valence-electron chi connectivity index (χ2n) is 7.03. The summed E-state index contributed by atoms with van der Waals surface area (Å²) < 4.78 is 1.62. The van der Waals surface area contributed by atoms with E-state index in [1.807, 2.05) is 19.1 Å². The van der Waals surface area contributed by atoms with E-state index < -0.39 is 0 Å². The van der Waals surface area contributed by atoms with Crippen molar-refractivity contribution in [2.75, 3.05) is 29.9 Å². The predicted octanol–water partition coefficient (Wildman–Crippen LogP) is 1.58. The Balaban J connectivity index is 1.41. The fourth-order valence-corrected chi connectivity index (χ4v) is 3.44. The van der Waals surface area contributed by atoms with Crippen LogP contribution < -0.4 is 20.9 Å². The van der Waals surface area contributed by atoms with Gasteiger partial charge in [-0.05, 0) is 37.6 Å². The van der Waals surface area contributed by atoms with Gasteiger partial charge in [-0.3, -0.25) is 10.1 Å². The van der Waals surface area contributed by atoms with Crippen LogP contribution in [0, 0.1) is 0 Å². The summed E-state index contributed by atoms with van der Waals surface area (Å²) >= 11 is 0. The number of amides is 3. The van der Waals surface area contributed by atoms with Crippen LogP contribution in [0.4, 0.5) is 16.4 Å². The molecule has 1 aliphatic heterocycles. The second kappa shape index (κ2) is 8.27. The van der Waals surface area contributed by atoms with Gasteiger partial charge in [-0.2, -0.15) is 0 Å². The summed E-state index contributed by atoms with van der Waals surface area (Å²) in [5.74, 6) is 0.844. The molecule has 0 bridgehead atoms. The van der Waals surface area contributed by atoms with Gasteiger partial charge in [-0.1, -0.05) is 12.1 Å². The van der Waals surface area contributed by atoms with Crippen LogP contribution in [-0.2, 0) is 0 Å². The third kappa shape index (κ3) is 4.12. The van der Waals surface area contributed by atoms with Crippen molar-refractivity contribution in [1.82, 2.24) is 25.2 Å². The molecule has 3 amide bonds. The molecular formula is C20H23N7O3. The molecule has 0 saturated carbocycles. The molecule has 0 aliphatic carbocycles. The Labute approximate surface area is 172 Å². The van der Waals surface area contributed by atoms with Crippen LogP contribution in [-0.4, -0.2) is 57.3 Å². The van der Waals surface area contributed by atoms with Crippen molar-refractivity contribution < 1.29 is 14.7 Å². The number of benzene rings is 1. The van der Waals surface area contributed by atoms with Crippen molar-refractivity contribution >= 4 is 29.2 Å². The molecule has 3 heterocycles. The monoisotopic (exact) mass is 409 g/mol. The van der Waals surface area contributed by atoms with Crippen LogP contribution in [0.15, 0.2) is 42.6 Å². The maximum atomic E-state index is 12.4. The van der Waals surface area contributed by atoms with Gasteiger partial charge in [-0.15, -0.1) is 5.10 Å². The number of aromatic hydroxyl groups is 1. The lowest BCUT2D eigenvalue weighted by molar-refractivity contribution is 0.0937. The molecule has 1 aromatic carbocycles. The number of rotatable bonds is 5. The van der Waals surface area contributed by atoms with E-state index in [0.29, 0.717) is 24.6 Å². The molecule has 4 rings (SSSR count). The molecule has 0 spiro atoms. The summed E-state index contributed by atoms with van der Waals surface area (Å²) in [5.41, 5.74) is 0.884. The lowest BCUT2D eigenvalue weighted by Crippen LogP contribution is -2.37. The van der Waals surface area contributed by atoms with E-state index in [0.717, 1.165) is 18.8 Å². The van der Waals surface area contributed by atoms with Gasteiger partial charge < -0.3 is 20.6 Å². The van der Waals surface area contributed by atoms with Crippen molar-refractivity contribution in [3.05, 3.63) is 48.2 Å². The average Bonchev–Trinajstić information content (AvgIpc) is 3.34. The number of hydrogen-bond acceptors (Lipinski definition) is 6. The van der Waals surface area contributed by atoms with Gasteiger partial charge in [0.1, 0.15) is 11.6 Å². The molecule has 10 heteroatoms. The van der Waals surface area contributed by atoms with Crippen LogP contribution in [0.5, 0.6) is 5.75 Å². The first-order chi connectivity index (χ1) is 14.5. The number of aromatic nitrogens is 3. The first kappa shape index (κ1) is 19.5. The molecule has 156 valence electrons. The highest BCUT2D eigenvalue weighted by Crippen LogP contribution is 2.21. The molecule has 0 unspecified atom stereocenters. The van der Waals surface area contributed by atoms with Crippen LogP contribution >= 0.6 is 0 Å². The number of carbonyl (C=O) groups excluding carboxylic acids is 2. The molecule has 1 aliphatic rings. The van der Waals surface area contributed by atoms with Gasteiger partial charge in [0.05, 0.1) is 11.8 Å².